The molecule has 0 radical (unpaired) electrons. The van der Waals surface area contributed by atoms with Gasteiger partial charge in [-0.05, 0) is 44.8 Å². The van der Waals surface area contributed by atoms with Gasteiger partial charge in [0.15, 0.2) is 11.3 Å². The Morgan fingerprint density at radius 1 is 1.17 bits per heavy atom. The van der Waals surface area contributed by atoms with E-state index in [4.69, 9.17) is 4.74 Å². The van der Waals surface area contributed by atoms with Gasteiger partial charge in [-0.15, -0.1) is 0 Å². The molecule has 3 aromatic rings. The molecular weight excluding hydrogens is 486 g/mol. The first-order chi connectivity index (χ1) is 16.5. The van der Waals surface area contributed by atoms with Crippen LogP contribution in [0.5, 0.6) is 5.88 Å². The molecule has 0 aliphatic carbocycles. The van der Waals surface area contributed by atoms with E-state index in [1.807, 2.05) is 19.0 Å². The summed E-state index contributed by atoms with van der Waals surface area (Å²) in [6.45, 7) is 2.46. The van der Waals surface area contributed by atoms with Gasteiger partial charge in [-0.2, -0.15) is 0 Å². The van der Waals surface area contributed by atoms with E-state index in [0.717, 1.165) is 12.1 Å². The molecule has 0 atom stereocenters. The van der Waals surface area contributed by atoms with Crippen molar-refractivity contribution in [2.75, 3.05) is 43.0 Å². The molecule has 0 amide bonds. The Morgan fingerprint density at radius 2 is 1.89 bits per heavy atom. The molecule has 0 aliphatic heterocycles. The van der Waals surface area contributed by atoms with E-state index in [1.165, 1.54) is 18.3 Å². The predicted molar refractivity (Wildman–Crippen MR) is 128 cm³/mol. The lowest BCUT2D eigenvalue weighted by molar-refractivity contribution is -0.382. The number of ether oxygens (including phenoxy) is 1. The van der Waals surface area contributed by atoms with Crippen LogP contribution in [0.25, 0.3) is 11.0 Å². The van der Waals surface area contributed by atoms with Gasteiger partial charge >= 0.3 is 5.69 Å². The van der Waals surface area contributed by atoms with Crippen molar-refractivity contribution in [3.63, 3.8) is 0 Å². The Labute approximate surface area is 200 Å². The van der Waals surface area contributed by atoms with Crippen LogP contribution in [-0.2, 0) is 10.0 Å². The van der Waals surface area contributed by atoms with Gasteiger partial charge in [0, 0.05) is 6.54 Å². The first-order valence-corrected chi connectivity index (χ1v) is 12.1. The van der Waals surface area contributed by atoms with Crippen molar-refractivity contribution in [3.05, 3.63) is 52.2 Å². The maximum Gasteiger partial charge on any atom is 0.320 e. The van der Waals surface area contributed by atoms with Crippen molar-refractivity contribution in [2.24, 2.45) is 0 Å². The molecule has 0 spiro atoms. The topological polar surface area (TPSA) is 140 Å². The van der Waals surface area contributed by atoms with Crippen LogP contribution >= 0.6 is 0 Å². The minimum atomic E-state index is -3.86. The van der Waals surface area contributed by atoms with E-state index in [-0.39, 0.29) is 41.4 Å². The summed E-state index contributed by atoms with van der Waals surface area (Å²) in [5.74, 6) is -2.56. The molecule has 2 aromatic carbocycles. The van der Waals surface area contributed by atoms with E-state index in [9.17, 15) is 22.9 Å². The molecular formula is C21H24F2N6O5S. The van der Waals surface area contributed by atoms with E-state index in [1.54, 1.807) is 6.92 Å². The van der Waals surface area contributed by atoms with Gasteiger partial charge in [0.1, 0.15) is 23.8 Å². The fourth-order valence-electron chi connectivity index (χ4n) is 3.10. The number of anilines is 3. The monoisotopic (exact) mass is 510 g/mol. The molecule has 1 aromatic heterocycles. The molecule has 2 N–H and O–H groups in total. The van der Waals surface area contributed by atoms with Gasteiger partial charge < -0.3 is 15.0 Å². The van der Waals surface area contributed by atoms with E-state index in [0.29, 0.717) is 6.54 Å². The van der Waals surface area contributed by atoms with Crippen molar-refractivity contribution in [2.45, 2.75) is 13.3 Å². The second-order valence-corrected chi connectivity index (χ2v) is 9.62. The second kappa shape index (κ2) is 10.7. The molecule has 0 saturated carbocycles. The SMILES string of the molecule is CCCS(=O)(=O)Nc1ccc(F)c(Nc2ccc3ncc(OCCN(C)C)nc3c2[N+](=O)[O-])c1F. The van der Waals surface area contributed by atoms with Gasteiger partial charge in [0.2, 0.25) is 15.9 Å². The molecule has 0 saturated heterocycles. The number of nitro groups is 1. The van der Waals surface area contributed by atoms with E-state index >= 15 is 4.39 Å². The molecule has 188 valence electrons. The zero-order valence-corrected chi connectivity index (χ0v) is 20.0. The van der Waals surface area contributed by atoms with Gasteiger partial charge in [0.25, 0.3) is 0 Å². The molecule has 0 fully saturated rings. The smallest absolute Gasteiger partial charge is 0.320 e. The predicted octanol–water partition coefficient (Wildman–Crippen LogP) is 3.65. The summed E-state index contributed by atoms with van der Waals surface area (Å²) in [4.78, 5) is 21.3. The minimum Gasteiger partial charge on any atom is -0.475 e. The maximum atomic E-state index is 15.1. The highest BCUT2D eigenvalue weighted by molar-refractivity contribution is 7.92. The first kappa shape index (κ1) is 26.0. The van der Waals surface area contributed by atoms with Crippen LogP contribution in [0.3, 0.4) is 0 Å². The maximum absolute atomic E-state index is 15.1. The number of likely N-dealkylation sites (N-methyl/N-ethyl adjacent to an activating group) is 1. The fourth-order valence-corrected chi connectivity index (χ4v) is 4.24. The number of sulfonamides is 1. The number of hydrogen-bond donors (Lipinski definition) is 2. The lowest BCUT2D eigenvalue weighted by Crippen LogP contribution is -2.19. The number of fused-ring (bicyclic) bond motifs is 1. The molecule has 11 nitrogen and oxygen atoms in total. The Morgan fingerprint density at radius 3 is 2.54 bits per heavy atom. The van der Waals surface area contributed by atoms with Crippen LogP contribution in [0.1, 0.15) is 13.3 Å². The zero-order chi connectivity index (χ0) is 25.8. The van der Waals surface area contributed by atoms with Gasteiger partial charge in [-0.1, -0.05) is 6.92 Å². The average Bonchev–Trinajstić information content (AvgIpc) is 2.77. The largest absolute Gasteiger partial charge is 0.475 e. The standard InChI is InChI=1S/C21H24F2N6O5S/c1-4-11-35(32,33)27-14-6-5-13(22)19(18(14)23)25-16-8-7-15-20(21(16)29(30)31)26-17(12-24-15)34-10-9-28(2)3/h5-8,12,25,27H,4,9-11H2,1-3H3. The van der Waals surface area contributed by atoms with Gasteiger partial charge in [-0.3, -0.25) is 14.8 Å². The second-order valence-electron chi connectivity index (χ2n) is 7.78. The fraction of sp³-hybridized carbons (Fsp3) is 0.333. The van der Waals surface area contributed by atoms with Crippen LogP contribution in [0.4, 0.5) is 31.5 Å². The van der Waals surface area contributed by atoms with Crippen molar-refractivity contribution in [3.8, 4) is 5.88 Å². The Hall–Kier alpha value is -3.65. The first-order valence-electron chi connectivity index (χ1n) is 10.5. The summed E-state index contributed by atoms with van der Waals surface area (Å²) < 4.78 is 61.2. The Kier molecular flexibility index (Phi) is 7.96. The molecule has 0 unspecified atom stereocenters. The lowest BCUT2D eigenvalue weighted by Gasteiger charge is -2.14. The van der Waals surface area contributed by atoms with Crippen molar-refractivity contribution in [1.29, 1.82) is 0 Å². The van der Waals surface area contributed by atoms with Crippen LogP contribution in [0.2, 0.25) is 0 Å². The molecule has 1 heterocycles. The summed E-state index contributed by atoms with van der Waals surface area (Å²) in [6, 6.07) is 4.40. The van der Waals surface area contributed by atoms with Gasteiger partial charge in [0.05, 0.1) is 28.1 Å². The number of nitrogens with zero attached hydrogens (tertiary/aromatic N) is 4. The summed E-state index contributed by atoms with van der Waals surface area (Å²) in [6.07, 6.45) is 1.61. The molecule has 14 heteroatoms. The lowest BCUT2D eigenvalue weighted by atomic mass is 10.2. The van der Waals surface area contributed by atoms with Crippen LogP contribution in [0, 0.1) is 21.7 Å². The quantitative estimate of drug-likeness (QED) is 0.292. The minimum absolute atomic E-state index is 0.0456. The zero-order valence-electron chi connectivity index (χ0n) is 19.2. The number of nitrogens with one attached hydrogen (secondary N) is 2. The summed E-state index contributed by atoms with van der Waals surface area (Å²) in [5, 5.41) is 14.3. The highest BCUT2D eigenvalue weighted by Crippen LogP contribution is 2.37. The van der Waals surface area contributed by atoms with E-state index in [2.05, 4.69) is 20.0 Å². The third-order valence-electron chi connectivity index (χ3n) is 4.73. The number of halogens is 2. The average molecular weight is 511 g/mol. The van der Waals surface area contributed by atoms with Gasteiger partial charge in [-0.25, -0.2) is 27.2 Å². The summed E-state index contributed by atoms with van der Waals surface area (Å²) in [5.41, 5.74) is -2.10. The van der Waals surface area contributed by atoms with Crippen LogP contribution in [0.15, 0.2) is 30.5 Å². The van der Waals surface area contributed by atoms with Crippen molar-refractivity contribution in [1.82, 2.24) is 14.9 Å². The third-order valence-corrected chi connectivity index (χ3v) is 6.20. The molecule has 0 aliphatic rings. The molecule has 3 rings (SSSR count). The molecule has 0 bridgehead atoms. The van der Waals surface area contributed by atoms with Crippen molar-refractivity contribution >= 4 is 43.8 Å². The normalized spacial score (nSPS) is 11.6. The third kappa shape index (κ3) is 6.27. The number of hydrogen-bond acceptors (Lipinski definition) is 9. The van der Waals surface area contributed by atoms with E-state index < -0.39 is 43.6 Å². The number of rotatable bonds is 11. The summed E-state index contributed by atoms with van der Waals surface area (Å²) >= 11 is 0. The van der Waals surface area contributed by atoms with Crippen LogP contribution < -0.4 is 14.8 Å². The van der Waals surface area contributed by atoms with Crippen LogP contribution in [-0.4, -0.2) is 61.2 Å². The number of nitro benzene ring substituents is 1. The summed E-state index contributed by atoms with van der Waals surface area (Å²) in [7, 11) is -0.167. The Balaban J connectivity index is 2.03. The highest BCUT2D eigenvalue weighted by atomic mass is 32.2. The van der Waals surface area contributed by atoms with Crippen molar-refractivity contribution < 1.29 is 26.9 Å². The molecule has 35 heavy (non-hydrogen) atoms. The highest BCUT2D eigenvalue weighted by Gasteiger charge is 2.25. The Bertz CT molecular complexity index is 1350. The number of aromatic nitrogens is 2. The number of benzene rings is 2.